The first-order valence-corrected chi connectivity index (χ1v) is 18.3. The summed E-state index contributed by atoms with van der Waals surface area (Å²) in [7, 11) is 7.62. The van der Waals surface area contributed by atoms with Gasteiger partial charge in [0.2, 0.25) is 11.7 Å². The van der Waals surface area contributed by atoms with E-state index in [1.807, 2.05) is 6.92 Å². The van der Waals surface area contributed by atoms with Crippen molar-refractivity contribution < 1.29 is 62.9 Å². The summed E-state index contributed by atoms with van der Waals surface area (Å²) >= 11 is 0. The van der Waals surface area contributed by atoms with Crippen LogP contribution in [-0.2, 0) is 39.7 Å². The zero-order valence-corrected chi connectivity index (χ0v) is 31.7. The lowest BCUT2D eigenvalue weighted by molar-refractivity contribution is -0.256. The molecule has 17 nitrogen and oxygen atoms in total. The molecule has 2 aromatic rings. The number of ketones is 2. The fraction of sp³-hybridized carbons (Fsp3) is 0.579. The monoisotopic (exact) mass is 768 g/mol. The normalized spacial score (nSPS) is 29.8. The molecule has 0 saturated carbocycles. The van der Waals surface area contributed by atoms with Gasteiger partial charge in [0, 0.05) is 82.8 Å². The number of morpholine rings is 1. The van der Waals surface area contributed by atoms with E-state index in [-0.39, 0.29) is 72.1 Å². The van der Waals surface area contributed by atoms with E-state index in [4.69, 9.17) is 28.4 Å². The van der Waals surface area contributed by atoms with Crippen molar-refractivity contribution in [3.8, 4) is 17.2 Å². The van der Waals surface area contributed by atoms with E-state index in [2.05, 4.69) is 10.2 Å². The molecule has 2 amide bonds. The number of nitrogens with one attached hydrogen (secondary N) is 1. The van der Waals surface area contributed by atoms with Crippen LogP contribution in [0.25, 0.3) is 0 Å². The van der Waals surface area contributed by atoms with Gasteiger partial charge in [0.05, 0.1) is 49.2 Å². The third kappa shape index (κ3) is 6.55. The number of carbonyl (C=O) groups excluding carboxylic acids is 4. The maximum Gasteiger partial charge on any atom is 0.254 e. The van der Waals surface area contributed by atoms with Crippen LogP contribution in [0.5, 0.6) is 17.2 Å². The van der Waals surface area contributed by atoms with Crippen LogP contribution in [0.1, 0.15) is 68.8 Å². The number of phenols is 2. The predicted molar refractivity (Wildman–Crippen MR) is 191 cm³/mol. The first-order valence-electron chi connectivity index (χ1n) is 18.3. The molecule has 0 radical (unpaired) electrons. The third-order valence-corrected chi connectivity index (χ3v) is 11.4. The second-order valence-electron chi connectivity index (χ2n) is 14.8. The maximum absolute atomic E-state index is 14.2. The lowest BCUT2D eigenvalue weighted by Crippen LogP contribution is -2.55. The maximum atomic E-state index is 14.2. The minimum atomic E-state index is -2.22. The average molecular weight is 769 g/mol. The van der Waals surface area contributed by atoms with Crippen molar-refractivity contribution in [2.75, 3.05) is 68.1 Å². The summed E-state index contributed by atoms with van der Waals surface area (Å²) in [5.74, 6) is -3.57. The van der Waals surface area contributed by atoms with Crippen molar-refractivity contribution in [2.45, 2.75) is 74.9 Å². The molecule has 2 aliphatic carbocycles. The number of carbonyl (C=O) groups is 4. The van der Waals surface area contributed by atoms with Crippen LogP contribution in [-0.4, -0.2) is 164 Å². The fourth-order valence-electron chi connectivity index (χ4n) is 8.66. The van der Waals surface area contributed by atoms with E-state index in [0.717, 1.165) is 0 Å². The molecule has 3 fully saturated rings. The van der Waals surface area contributed by atoms with E-state index >= 15 is 0 Å². The van der Waals surface area contributed by atoms with Crippen LogP contribution in [0, 0.1) is 0 Å². The number of likely N-dealkylation sites (N-methyl/N-ethyl adjacent to an activating group) is 3. The molecule has 3 heterocycles. The number of benzene rings is 2. The van der Waals surface area contributed by atoms with Gasteiger partial charge in [-0.2, -0.15) is 0 Å². The van der Waals surface area contributed by atoms with Gasteiger partial charge in [-0.05, 0) is 20.0 Å². The van der Waals surface area contributed by atoms with Gasteiger partial charge in [-0.25, -0.2) is 0 Å². The van der Waals surface area contributed by atoms with Gasteiger partial charge in [-0.3, -0.25) is 24.1 Å². The van der Waals surface area contributed by atoms with Crippen molar-refractivity contribution in [3.63, 3.8) is 0 Å². The highest BCUT2D eigenvalue weighted by atomic mass is 16.7. The number of hydrogen-bond donors (Lipinski definition) is 4. The summed E-state index contributed by atoms with van der Waals surface area (Å²) in [5, 5.41) is 39.0. The van der Waals surface area contributed by atoms with Crippen LogP contribution < -0.4 is 10.1 Å². The van der Waals surface area contributed by atoms with Gasteiger partial charge in [0.25, 0.3) is 5.91 Å². The van der Waals surface area contributed by atoms with Gasteiger partial charge in [0.15, 0.2) is 24.6 Å². The fourth-order valence-corrected chi connectivity index (χ4v) is 8.66. The third-order valence-electron chi connectivity index (χ3n) is 11.4. The Balaban J connectivity index is 1.26. The molecule has 0 unspecified atom stereocenters. The molecule has 3 saturated heterocycles. The number of rotatable bonds is 10. The van der Waals surface area contributed by atoms with Crippen LogP contribution >= 0.6 is 0 Å². The summed E-state index contributed by atoms with van der Waals surface area (Å²) in [5.41, 5.74) is -3.36. The molecule has 17 heteroatoms. The van der Waals surface area contributed by atoms with Crippen molar-refractivity contribution in [2.24, 2.45) is 0 Å². The highest BCUT2D eigenvalue weighted by molar-refractivity contribution is 6.31. The quantitative estimate of drug-likeness (QED) is 0.205. The molecule has 55 heavy (non-hydrogen) atoms. The number of aliphatic hydroxyl groups is 1. The number of phenolic OH excluding ortho intramolecular Hbond substituents is 2. The molecule has 2 aromatic carbocycles. The Kier molecular flexibility index (Phi) is 10.7. The Bertz CT molecular complexity index is 1890. The number of fused-ring (bicyclic) bond motifs is 6. The molecule has 0 bridgehead atoms. The van der Waals surface area contributed by atoms with Crippen molar-refractivity contribution in [1.29, 1.82) is 0 Å². The van der Waals surface area contributed by atoms with Crippen molar-refractivity contribution >= 4 is 23.4 Å². The molecule has 4 N–H and O–H groups in total. The number of nitrogens with zero attached hydrogens (tertiary/aromatic N) is 3. The Morgan fingerprint density at radius 1 is 1.04 bits per heavy atom. The van der Waals surface area contributed by atoms with Crippen LogP contribution in [0.3, 0.4) is 0 Å². The standard InChI is InChI=1S/C38H48N4O13/c1-18-34-21(42-12-13-52-36(51-6)35(42)55-34)14-25(53-18)54-23-16-38(49,37(48)41(4)11-10-40(3)24(43)17-39-2)15-20-27(23)33(47)29-28(31(20)45)30(44)19-8-7-9-22(50-5)26(19)32(29)46/h7-9,18,21,23,25,34-36,39,45,47,49H,10-17H2,1-6H3/t18-,21-,23-,25-,34+,35+,36-,38-/m0/s1. The SMILES string of the molecule is CNCC(=O)N(C)CCN(C)C(=O)[C@]1(O)Cc2c(O)c3c(c(O)c2[C@@H](O[C@H]2C[C@H]4[C@H](O[C@@H]5[C@@H](OC)OCCN54)[C@H](C)O2)C1)C(=O)c1c(OC)cccc1C3=O. The molecule has 0 spiro atoms. The summed E-state index contributed by atoms with van der Waals surface area (Å²) in [4.78, 5) is 59.5. The van der Waals surface area contributed by atoms with Crippen molar-refractivity contribution in [1.82, 2.24) is 20.0 Å². The van der Waals surface area contributed by atoms with Gasteiger partial charge in [-0.1, -0.05) is 12.1 Å². The molecule has 7 rings (SSSR count). The van der Waals surface area contributed by atoms with Gasteiger partial charge in [0.1, 0.15) is 29.0 Å². The highest BCUT2D eigenvalue weighted by Crippen LogP contribution is 2.53. The molecule has 5 aliphatic rings. The Morgan fingerprint density at radius 3 is 2.47 bits per heavy atom. The average Bonchev–Trinajstić information content (AvgIpc) is 3.55. The molecule has 0 aromatic heterocycles. The second-order valence-corrected chi connectivity index (χ2v) is 14.8. The summed E-state index contributed by atoms with van der Waals surface area (Å²) < 4.78 is 35.9. The highest BCUT2D eigenvalue weighted by Gasteiger charge is 2.55. The summed E-state index contributed by atoms with van der Waals surface area (Å²) in [6.07, 6.45) is -4.84. The summed E-state index contributed by atoms with van der Waals surface area (Å²) in [6, 6.07) is 4.28. The lowest BCUT2D eigenvalue weighted by Gasteiger charge is -2.44. The first kappa shape index (κ1) is 39.1. The lowest BCUT2D eigenvalue weighted by atomic mass is 9.72. The molecular weight excluding hydrogens is 720 g/mol. The molecular formula is C38H48N4O13. The minimum absolute atomic E-state index is 0.0341. The van der Waals surface area contributed by atoms with Crippen LogP contribution in [0.4, 0.5) is 0 Å². The number of hydrogen-bond acceptors (Lipinski definition) is 15. The second kappa shape index (κ2) is 15.0. The van der Waals surface area contributed by atoms with Gasteiger partial charge < -0.3 is 58.9 Å². The van der Waals surface area contributed by atoms with Crippen LogP contribution in [0.15, 0.2) is 18.2 Å². The zero-order valence-electron chi connectivity index (χ0n) is 31.7. The van der Waals surface area contributed by atoms with E-state index in [1.54, 1.807) is 21.2 Å². The molecule has 298 valence electrons. The van der Waals surface area contributed by atoms with E-state index < -0.39 is 89.6 Å². The van der Waals surface area contributed by atoms with E-state index in [1.165, 1.54) is 42.2 Å². The largest absolute Gasteiger partial charge is 0.507 e. The smallest absolute Gasteiger partial charge is 0.254 e. The minimum Gasteiger partial charge on any atom is -0.507 e. The zero-order chi connectivity index (χ0) is 39.5. The predicted octanol–water partition coefficient (Wildman–Crippen LogP) is 0.286. The molecule has 3 aliphatic heterocycles. The van der Waals surface area contributed by atoms with E-state index in [9.17, 15) is 34.5 Å². The summed E-state index contributed by atoms with van der Waals surface area (Å²) in [6.45, 7) is 3.15. The van der Waals surface area contributed by atoms with Gasteiger partial charge >= 0.3 is 0 Å². The first-order chi connectivity index (χ1) is 26.2. The van der Waals surface area contributed by atoms with E-state index in [0.29, 0.717) is 13.2 Å². The molecule has 8 atom stereocenters. The number of methoxy groups -OCH3 is 2. The van der Waals surface area contributed by atoms with Gasteiger partial charge in [-0.15, -0.1) is 0 Å². The number of amides is 2. The van der Waals surface area contributed by atoms with Crippen LogP contribution in [0.2, 0.25) is 0 Å². The Hall–Kier alpha value is -4.20. The Labute approximate surface area is 317 Å². The number of ether oxygens (including phenoxy) is 6. The van der Waals surface area contributed by atoms with Crippen molar-refractivity contribution in [3.05, 3.63) is 51.6 Å². The Morgan fingerprint density at radius 2 is 1.76 bits per heavy atom. The number of aromatic hydroxyl groups is 2. The topological polar surface area (TPSA) is 206 Å².